The van der Waals surface area contributed by atoms with Gasteiger partial charge in [-0.25, -0.2) is 9.78 Å². The van der Waals surface area contributed by atoms with E-state index in [9.17, 15) is 4.79 Å². The third kappa shape index (κ3) is 4.75. The number of imidazole rings is 1. The standard InChI is InChI=1S/C19H26N4O2/c1-19(2,3)25-16-8-6-15(7-9-16)22-18(24)23-12-4-5-14(13-23)17-20-10-11-21-17/h6-11,14H,4-5,12-13H2,1-3H3,(H,20,21)(H,22,24)/t14-/m0/s1. The first-order valence-electron chi connectivity index (χ1n) is 8.75. The molecule has 6 heteroatoms. The van der Waals surface area contributed by atoms with Gasteiger partial charge in [-0.05, 0) is 57.9 Å². The third-order valence-electron chi connectivity index (χ3n) is 4.14. The van der Waals surface area contributed by atoms with Crippen LogP contribution in [0.2, 0.25) is 0 Å². The van der Waals surface area contributed by atoms with E-state index >= 15 is 0 Å². The number of ether oxygens (including phenoxy) is 1. The average molecular weight is 342 g/mol. The number of rotatable bonds is 3. The number of amides is 2. The highest BCUT2D eigenvalue weighted by molar-refractivity contribution is 5.89. The number of hydrogen-bond acceptors (Lipinski definition) is 3. The minimum absolute atomic E-state index is 0.0688. The molecule has 0 spiro atoms. The molecule has 6 nitrogen and oxygen atoms in total. The molecule has 0 radical (unpaired) electrons. The molecule has 0 unspecified atom stereocenters. The molecule has 1 fully saturated rings. The summed E-state index contributed by atoms with van der Waals surface area (Å²) < 4.78 is 5.80. The molecule has 3 rings (SSSR count). The maximum atomic E-state index is 12.5. The summed E-state index contributed by atoms with van der Waals surface area (Å²) in [4.78, 5) is 21.9. The molecule has 1 saturated heterocycles. The number of aromatic amines is 1. The van der Waals surface area contributed by atoms with E-state index in [0.29, 0.717) is 6.54 Å². The van der Waals surface area contributed by atoms with E-state index in [-0.39, 0.29) is 17.6 Å². The van der Waals surface area contributed by atoms with Gasteiger partial charge in [0.05, 0.1) is 0 Å². The molecule has 25 heavy (non-hydrogen) atoms. The Balaban J connectivity index is 1.58. The third-order valence-corrected chi connectivity index (χ3v) is 4.14. The number of likely N-dealkylation sites (tertiary alicyclic amines) is 1. The molecule has 1 atom stereocenters. The number of nitrogens with one attached hydrogen (secondary N) is 2. The van der Waals surface area contributed by atoms with Crippen molar-refractivity contribution in [2.24, 2.45) is 0 Å². The number of carbonyl (C=O) groups is 1. The lowest BCUT2D eigenvalue weighted by Gasteiger charge is -2.31. The molecule has 2 N–H and O–H groups in total. The highest BCUT2D eigenvalue weighted by Gasteiger charge is 2.26. The Kier molecular flexibility index (Phi) is 4.97. The van der Waals surface area contributed by atoms with E-state index in [0.717, 1.165) is 36.6 Å². The molecule has 1 aromatic heterocycles. The van der Waals surface area contributed by atoms with Crippen LogP contribution in [0.15, 0.2) is 36.7 Å². The quantitative estimate of drug-likeness (QED) is 0.886. The van der Waals surface area contributed by atoms with Crippen LogP contribution in [0.4, 0.5) is 10.5 Å². The van der Waals surface area contributed by atoms with Crippen LogP contribution in [0.1, 0.15) is 45.4 Å². The van der Waals surface area contributed by atoms with Gasteiger partial charge in [-0.1, -0.05) is 0 Å². The Morgan fingerprint density at radius 3 is 2.72 bits per heavy atom. The van der Waals surface area contributed by atoms with Gasteiger partial charge in [-0.3, -0.25) is 0 Å². The van der Waals surface area contributed by atoms with Crippen molar-refractivity contribution in [1.82, 2.24) is 14.9 Å². The normalized spacial score (nSPS) is 18.0. The summed E-state index contributed by atoms with van der Waals surface area (Å²) in [5.74, 6) is 2.03. The smallest absolute Gasteiger partial charge is 0.321 e. The predicted molar refractivity (Wildman–Crippen MR) is 98.0 cm³/mol. The van der Waals surface area contributed by atoms with Crippen molar-refractivity contribution < 1.29 is 9.53 Å². The summed E-state index contributed by atoms with van der Waals surface area (Å²) in [6.07, 6.45) is 5.62. The molecule has 2 amide bonds. The average Bonchev–Trinajstić information content (AvgIpc) is 3.10. The fourth-order valence-electron chi connectivity index (χ4n) is 3.05. The van der Waals surface area contributed by atoms with Crippen molar-refractivity contribution >= 4 is 11.7 Å². The van der Waals surface area contributed by atoms with Gasteiger partial charge >= 0.3 is 6.03 Å². The van der Waals surface area contributed by atoms with Crippen molar-refractivity contribution in [2.45, 2.75) is 45.1 Å². The molecule has 2 aromatic rings. The molecule has 134 valence electrons. The second kappa shape index (κ2) is 7.17. The van der Waals surface area contributed by atoms with Crippen molar-refractivity contribution in [3.05, 3.63) is 42.5 Å². The highest BCUT2D eigenvalue weighted by Crippen LogP contribution is 2.25. The van der Waals surface area contributed by atoms with Crippen LogP contribution in [0.5, 0.6) is 5.75 Å². The number of carbonyl (C=O) groups excluding carboxylic acids is 1. The Labute approximate surface area is 148 Å². The zero-order chi connectivity index (χ0) is 17.9. The number of aromatic nitrogens is 2. The Hall–Kier alpha value is -2.50. The minimum atomic E-state index is -0.237. The topological polar surface area (TPSA) is 70.2 Å². The fraction of sp³-hybridized carbons (Fsp3) is 0.474. The van der Waals surface area contributed by atoms with E-state index in [2.05, 4.69) is 15.3 Å². The van der Waals surface area contributed by atoms with Crippen LogP contribution in [0, 0.1) is 0 Å². The zero-order valence-corrected chi connectivity index (χ0v) is 15.1. The maximum Gasteiger partial charge on any atom is 0.321 e. The maximum absolute atomic E-state index is 12.5. The number of anilines is 1. The molecule has 1 aliphatic heterocycles. The monoisotopic (exact) mass is 342 g/mol. The van der Waals surface area contributed by atoms with Gasteiger partial charge in [0.2, 0.25) is 0 Å². The van der Waals surface area contributed by atoms with Crippen LogP contribution in [0.25, 0.3) is 0 Å². The van der Waals surface area contributed by atoms with Crippen LogP contribution in [-0.4, -0.2) is 39.6 Å². The number of nitrogens with zero attached hydrogens (tertiary/aromatic N) is 2. The summed E-state index contributed by atoms with van der Waals surface area (Å²) in [6.45, 7) is 7.48. The summed E-state index contributed by atoms with van der Waals surface area (Å²) in [5.41, 5.74) is 0.533. The van der Waals surface area contributed by atoms with Crippen LogP contribution in [0.3, 0.4) is 0 Å². The first-order valence-corrected chi connectivity index (χ1v) is 8.75. The number of hydrogen-bond donors (Lipinski definition) is 2. The summed E-state index contributed by atoms with van der Waals surface area (Å²) in [7, 11) is 0. The first-order chi connectivity index (χ1) is 11.9. The number of H-pyrrole nitrogens is 1. The predicted octanol–water partition coefficient (Wildman–Crippen LogP) is 4.00. The number of piperidine rings is 1. The summed E-state index contributed by atoms with van der Waals surface area (Å²) in [5, 5.41) is 2.97. The molecule has 1 aromatic carbocycles. The van der Waals surface area contributed by atoms with E-state index in [1.54, 1.807) is 6.20 Å². The van der Waals surface area contributed by atoms with Crippen molar-refractivity contribution in [3.63, 3.8) is 0 Å². The molecular formula is C19H26N4O2. The molecular weight excluding hydrogens is 316 g/mol. The largest absolute Gasteiger partial charge is 0.488 e. The van der Waals surface area contributed by atoms with Gasteiger partial charge in [-0.2, -0.15) is 0 Å². The van der Waals surface area contributed by atoms with Crippen LogP contribution >= 0.6 is 0 Å². The Morgan fingerprint density at radius 1 is 1.32 bits per heavy atom. The van der Waals surface area contributed by atoms with E-state index < -0.39 is 0 Å². The van der Waals surface area contributed by atoms with Gasteiger partial charge in [-0.15, -0.1) is 0 Å². The van der Waals surface area contributed by atoms with E-state index in [1.165, 1.54) is 0 Å². The minimum Gasteiger partial charge on any atom is -0.488 e. The molecule has 0 bridgehead atoms. The Bertz CT molecular complexity index is 689. The van der Waals surface area contributed by atoms with Crippen molar-refractivity contribution in [3.8, 4) is 5.75 Å². The van der Waals surface area contributed by atoms with Gasteiger partial charge < -0.3 is 19.9 Å². The number of benzene rings is 1. The van der Waals surface area contributed by atoms with Gasteiger partial charge in [0.1, 0.15) is 17.2 Å². The van der Waals surface area contributed by atoms with Crippen molar-refractivity contribution in [2.75, 3.05) is 18.4 Å². The fourth-order valence-corrected chi connectivity index (χ4v) is 3.05. The van der Waals surface area contributed by atoms with E-state index in [1.807, 2.05) is 56.1 Å². The van der Waals surface area contributed by atoms with Gasteiger partial charge in [0.25, 0.3) is 0 Å². The van der Waals surface area contributed by atoms with E-state index in [4.69, 9.17) is 4.74 Å². The summed E-state index contributed by atoms with van der Waals surface area (Å²) >= 11 is 0. The molecule has 1 aliphatic rings. The zero-order valence-electron chi connectivity index (χ0n) is 15.1. The van der Waals surface area contributed by atoms with Crippen LogP contribution in [-0.2, 0) is 0 Å². The number of urea groups is 1. The second-order valence-electron chi connectivity index (χ2n) is 7.43. The van der Waals surface area contributed by atoms with Crippen molar-refractivity contribution in [1.29, 1.82) is 0 Å². The lowest BCUT2D eigenvalue weighted by molar-refractivity contribution is 0.131. The molecule has 0 aliphatic carbocycles. The van der Waals surface area contributed by atoms with Crippen LogP contribution < -0.4 is 10.1 Å². The Morgan fingerprint density at radius 2 is 2.08 bits per heavy atom. The molecule has 0 saturated carbocycles. The lowest BCUT2D eigenvalue weighted by atomic mass is 9.98. The lowest BCUT2D eigenvalue weighted by Crippen LogP contribution is -2.41. The first kappa shape index (κ1) is 17.3. The highest BCUT2D eigenvalue weighted by atomic mass is 16.5. The van der Waals surface area contributed by atoms with Gasteiger partial charge in [0.15, 0.2) is 0 Å². The summed E-state index contributed by atoms with van der Waals surface area (Å²) in [6, 6.07) is 7.42. The van der Waals surface area contributed by atoms with Gasteiger partial charge in [0, 0.05) is 37.1 Å². The second-order valence-corrected chi connectivity index (χ2v) is 7.43. The molecule has 2 heterocycles. The SMILES string of the molecule is CC(C)(C)Oc1ccc(NC(=O)N2CCC[C@H](c3ncc[nH]3)C2)cc1.